The molecule has 0 aliphatic heterocycles. The molecule has 0 saturated carbocycles. The summed E-state index contributed by atoms with van der Waals surface area (Å²) in [4.78, 5) is 22.8. The Morgan fingerprint density at radius 1 is 0.444 bits per heavy atom. The average Bonchev–Trinajstić information content (AvgIpc) is 2.84. The van der Waals surface area contributed by atoms with Crippen molar-refractivity contribution in [3.63, 3.8) is 0 Å². The Balaban J connectivity index is 4.25. The number of hydrogen-bond acceptors (Lipinski definition) is 2. The predicted octanol–water partition coefficient (Wildman–Crippen LogP) is 10.6. The van der Waals surface area contributed by atoms with Crippen LogP contribution < -0.4 is 0 Å². The fraction of sp³-hybridized carbons (Fsp3) is 0.938. The average molecular weight is 511 g/mol. The Morgan fingerprint density at radius 2 is 0.778 bits per heavy atom. The van der Waals surface area contributed by atoms with Crippen LogP contribution in [-0.2, 0) is 9.59 Å². The molecule has 0 aromatic rings. The largest absolute Gasteiger partial charge is 0.481 e. The van der Waals surface area contributed by atoms with Crippen LogP contribution in [0.5, 0.6) is 0 Å². The minimum atomic E-state index is -0.758. The molecule has 0 radical (unpaired) electrons. The Hall–Kier alpha value is -1.06. The molecule has 0 aromatic heterocycles. The molecule has 2 atom stereocenters. The summed E-state index contributed by atoms with van der Waals surface area (Å²) in [5, 5.41) is 18.8. The van der Waals surface area contributed by atoms with Crippen molar-refractivity contribution >= 4 is 11.9 Å². The second kappa shape index (κ2) is 27.0. The van der Waals surface area contributed by atoms with Gasteiger partial charge in [-0.1, -0.05) is 155 Å². The van der Waals surface area contributed by atoms with E-state index in [9.17, 15) is 19.8 Å². The molecule has 0 saturated heterocycles. The van der Waals surface area contributed by atoms with Crippen molar-refractivity contribution in [3.05, 3.63) is 0 Å². The molecule has 2 N–H and O–H groups in total. The van der Waals surface area contributed by atoms with Crippen LogP contribution in [-0.4, -0.2) is 22.2 Å². The van der Waals surface area contributed by atoms with E-state index >= 15 is 0 Å². The highest BCUT2D eigenvalue weighted by Gasteiger charge is 2.24. The lowest BCUT2D eigenvalue weighted by Gasteiger charge is -2.26. The van der Waals surface area contributed by atoms with Gasteiger partial charge in [-0.15, -0.1) is 0 Å². The van der Waals surface area contributed by atoms with Gasteiger partial charge in [0, 0.05) is 12.8 Å². The Morgan fingerprint density at radius 3 is 1.11 bits per heavy atom. The van der Waals surface area contributed by atoms with E-state index in [0.29, 0.717) is 6.42 Å². The predicted molar refractivity (Wildman–Crippen MR) is 154 cm³/mol. The van der Waals surface area contributed by atoms with Gasteiger partial charge < -0.3 is 10.2 Å². The molecule has 0 aliphatic rings. The number of carbonyl (C=O) groups is 2. The molecule has 0 fully saturated rings. The van der Waals surface area contributed by atoms with Crippen molar-refractivity contribution < 1.29 is 19.8 Å². The van der Waals surface area contributed by atoms with Gasteiger partial charge in [0.2, 0.25) is 0 Å². The lowest BCUT2D eigenvalue weighted by atomic mass is 9.79. The zero-order valence-corrected chi connectivity index (χ0v) is 24.3. The highest BCUT2D eigenvalue weighted by Crippen LogP contribution is 2.31. The number of rotatable bonds is 29. The maximum Gasteiger partial charge on any atom is 0.303 e. The molecule has 0 amide bonds. The van der Waals surface area contributed by atoms with E-state index in [1.165, 1.54) is 122 Å². The summed E-state index contributed by atoms with van der Waals surface area (Å²) in [7, 11) is 0. The summed E-state index contributed by atoms with van der Waals surface area (Å²) < 4.78 is 0. The van der Waals surface area contributed by atoms with Crippen molar-refractivity contribution in [2.24, 2.45) is 11.8 Å². The minimum absolute atomic E-state index is 0.124. The lowest BCUT2D eigenvalue weighted by Crippen LogP contribution is -2.20. The first kappa shape index (κ1) is 34.9. The molecule has 0 rings (SSSR count). The first-order chi connectivity index (χ1) is 17.5. The molecule has 0 aliphatic carbocycles. The van der Waals surface area contributed by atoms with Gasteiger partial charge in [-0.25, -0.2) is 0 Å². The molecular weight excluding hydrogens is 448 g/mol. The van der Waals surface area contributed by atoms with Crippen molar-refractivity contribution in [3.8, 4) is 0 Å². The van der Waals surface area contributed by atoms with E-state index in [-0.39, 0.29) is 24.7 Å². The van der Waals surface area contributed by atoms with E-state index < -0.39 is 11.9 Å². The molecule has 214 valence electrons. The maximum atomic E-state index is 11.6. The number of hydrogen-bond donors (Lipinski definition) is 2. The summed E-state index contributed by atoms with van der Waals surface area (Å²) >= 11 is 0. The number of carboxylic acid groups (broad SMARTS) is 2. The molecule has 0 aromatic carbocycles. The zero-order chi connectivity index (χ0) is 26.7. The van der Waals surface area contributed by atoms with Gasteiger partial charge in [-0.2, -0.15) is 0 Å². The van der Waals surface area contributed by atoms with Gasteiger partial charge in [0.15, 0.2) is 0 Å². The second-order valence-electron chi connectivity index (χ2n) is 11.3. The second-order valence-corrected chi connectivity index (χ2v) is 11.3. The molecule has 4 heteroatoms. The van der Waals surface area contributed by atoms with Crippen LogP contribution in [0.2, 0.25) is 0 Å². The molecule has 4 nitrogen and oxygen atoms in total. The van der Waals surface area contributed by atoms with E-state index in [1.54, 1.807) is 0 Å². The topological polar surface area (TPSA) is 74.6 Å². The van der Waals surface area contributed by atoms with Gasteiger partial charge in [0.25, 0.3) is 0 Å². The van der Waals surface area contributed by atoms with Crippen LogP contribution in [0.4, 0.5) is 0 Å². The van der Waals surface area contributed by atoms with Gasteiger partial charge in [0.05, 0.1) is 0 Å². The summed E-state index contributed by atoms with van der Waals surface area (Å²) in [5.74, 6) is -1.13. The molecule has 36 heavy (non-hydrogen) atoms. The normalized spacial score (nSPS) is 13.1. The third kappa shape index (κ3) is 24.6. The van der Waals surface area contributed by atoms with Gasteiger partial charge in [-0.3, -0.25) is 9.59 Å². The number of aliphatic carboxylic acids is 2. The van der Waals surface area contributed by atoms with E-state index in [1.807, 2.05) is 0 Å². The maximum absolute atomic E-state index is 11.6. The molecule has 0 unspecified atom stereocenters. The summed E-state index contributed by atoms with van der Waals surface area (Å²) in [5.41, 5.74) is 0. The first-order valence-corrected chi connectivity index (χ1v) is 15.9. The third-order valence-corrected chi connectivity index (χ3v) is 7.94. The van der Waals surface area contributed by atoms with Crippen LogP contribution in [0.1, 0.15) is 181 Å². The van der Waals surface area contributed by atoms with Crippen LogP contribution in [0.15, 0.2) is 0 Å². The Bertz CT molecular complexity index is 491. The monoisotopic (exact) mass is 510 g/mol. The van der Waals surface area contributed by atoms with Gasteiger partial charge in [-0.05, 0) is 24.7 Å². The SMILES string of the molecule is CCCCCCCCCCCCC[C@@H](CC(=O)O)[C@H](CCCCCCCCCCCC)CCC(=O)O. The van der Waals surface area contributed by atoms with Crippen molar-refractivity contribution in [2.45, 2.75) is 181 Å². The third-order valence-electron chi connectivity index (χ3n) is 7.94. The lowest BCUT2D eigenvalue weighted by molar-refractivity contribution is -0.138. The molecule has 0 bridgehead atoms. The smallest absolute Gasteiger partial charge is 0.303 e. The fourth-order valence-electron chi connectivity index (χ4n) is 5.62. The van der Waals surface area contributed by atoms with E-state index in [4.69, 9.17) is 0 Å². The Kier molecular flexibility index (Phi) is 26.2. The molecule has 0 heterocycles. The number of unbranched alkanes of at least 4 members (excludes halogenated alkanes) is 19. The molecular formula is C32H62O4. The van der Waals surface area contributed by atoms with Crippen molar-refractivity contribution in [1.82, 2.24) is 0 Å². The summed E-state index contributed by atoms with van der Waals surface area (Å²) in [6.45, 7) is 4.51. The van der Waals surface area contributed by atoms with Crippen LogP contribution >= 0.6 is 0 Å². The zero-order valence-electron chi connectivity index (χ0n) is 24.3. The van der Waals surface area contributed by atoms with Crippen molar-refractivity contribution in [2.75, 3.05) is 0 Å². The Labute approximate surface area is 224 Å². The van der Waals surface area contributed by atoms with Crippen LogP contribution in [0.3, 0.4) is 0 Å². The summed E-state index contributed by atoms with van der Waals surface area (Å²) in [6, 6.07) is 0. The standard InChI is InChI=1S/C32H62O4/c1-3-5-7-9-11-13-15-17-19-21-23-25-30(28-32(35)36)29(26-27-31(33)34)24-22-20-18-16-14-12-10-8-6-4-2/h29-30H,3-28H2,1-2H3,(H,33,34)(H,35,36)/t29-,30+/m1/s1. The molecule has 0 spiro atoms. The van der Waals surface area contributed by atoms with Gasteiger partial charge in [0.1, 0.15) is 0 Å². The quantitative estimate of drug-likeness (QED) is 0.0981. The number of carboxylic acids is 2. The minimum Gasteiger partial charge on any atom is -0.481 e. The van der Waals surface area contributed by atoms with E-state index in [0.717, 1.165) is 25.7 Å². The summed E-state index contributed by atoms with van der Waals surface area (Å²) in [6.07, 6.45) is 30.1. The fourth-order valence-corrected chi connectivity index (χ4v) is 5.62. The first-order valence-electron chi connectivity index (χ1n) is 15.9. The van der Waals surface area contributed by atoms with Gasteiger partial charge >= 0.3 is 11.9 Å². The van der Waals surface area contributed by atoms with E-state index in [2.05, 4.69) is 13.8 Å². The highest BCUT2D eigenvalue weighted by molar-refractivity contribution is 5.67. The van der Waals surface area contributed by atoms with Crippen molar-refractivity contribution in [1.29, 1.82) is 0 Å². The highest BCUT2D eigenvalue weighted by atomic mass is 16.4. The van der Waals surface area contributed by atoms with Crippen LogP contribution in [0, 0.1) is 11.8 Å². The van der Waals surface area contributed by atoms with Crippen LogP contribution in [0.25, 0.3) is 0 Å².